The highest BCUT2D eigenvalue weighted by molar-refractivity contribution is 5.59. The highest BCUT2D eigenvalue weighted by atomic mass is 16.5. The third-order valence-corrected chi connectivity index (χ3v) is 4.84. The second-order valence-corrected chi connectivity index (χ2v) is 7.01. The first-order valence-corrected chi connectivity index (χ1v) is 9.01. The lowest BCUT2D eigenvalue weighted by atomic mass is 9.96. The number of rotatable bonds is 6. The predicted octanol–water partition coefficient (Wildman–Crippen LogP) is 4.11. The molecule has 0 atom stereocenters. The molecule has 2 aliphatic rings. The van der Waals surface area contributed by atoms with Crippen molar-refractivity contribution < 1.29 is 4.74 Å². The van der Waals surface area contributed by atoms with Gasteiger partial charge in [0.15, 0.2) is 0 Å². The first-order chi connectivity index (χ1) is 10.7. The Hall–Kier alpha value is -1.22. The molecule has 0 amide bonds. The summed E-state index contributed by atoms with van der Waals surface area (Å²) in [6, 6.07) is 7.09. The van der Waals surface area contributed by atoms with E-state index < -0.39 is 0 Å². The molecular weight excluding hydrogens is 272 g/mol. The highest BCUT2D eigenvalue weighted by Crippen LogP contribution is 2.34. The van der Waals surface area contributed by atoms with E-state index in [9.17, 15) is 0 Å². The van der Waals surface area contributed by atoms with Gasteiger partial charge in [0.1, 0.15) is 5.75 Å². The average Bonchev–Trinajstić information content (AvgIpc) is 2.50. The summed E-state index contributed by atoms with van der Waals surface area (Å²) in [6.07, 6.45) is 8.17. The smallest absolute Gasteiger partial charge is 0.126 e. The van der Waals surface area contributed by atoms with Gasteiger partial charge in [-0.3, -0.25) is 0 Å². The van der Waals surface area contributed by atoms with E-state index in [0.29, 0.717) is 12.1 Å². The van der Waals surface area contributed by atoms with Crippen LogP contribution in [0, 0.1) is 0 Å². The van der Waals surface area contributed by atoms with Crippen LogP contribution < -0.4 is 15.0 Å². The summed E-state index contributed by atoms with van der Waals surface area (Å²) in [6.45, 7) is 7.67. The van der Waals surface area contributed by atoms with Crippen LogP contribution in [0.1, 0.15) is 57.9 Å². The van der Waals surface area contributed by atoms with Crippen LogP contribution in [0.3, 0.4) is 0 Å². The van der Waals surface area contributed by atoms with Gasteiger partial charge in [-0.15, -0.1) is 0 Å². The standard InChI is InChI=1S/C19H30N2O/c1-15(2)20-14-17-18(21-12-4-3-5-13-21)10-7-11-19(17)22-16-8-6-9-16/h7,10-11,15-16,20H,3-6,8-9,12-14H2,1-2H3. The normalized spacial score (nSPS) is 19.3. The highest BCUT2D eigenvalue weighted by Gasteiger charge is 2.23. The Morgan fingerprint density at radius 2 is 1.91 bits per heavy atom. The second kappa shape index (κ2) is 7.36. The number of benzene rings is 1. The Labute approximate surface area is 135 Å². The van der Waals surface area contributed by atoms with Crippen molar-refractivity contribution in [3.8, 4) is 5.75 Å². The number of hydrogen-bond acceptors (Lipinski definition) is 3. The molecule has 122 valence electrons. The van der Waals surface area contributed by atoms with Crippen LogP contribution in [0.2, 0.25) is 0 Å². The monoisotopic (exact) mass is 302 g/mol. The Morgan fingerprint density at radius 3 is 2.55 bits per heavy atom. The third-order valence-electron chi connectivity index (χ3n) is 4.84. The maximum atomic E-state index is 6.28. The number of piperidine rings is 1. The lowest BCUT2D eigenvalue weighted by molar-refractivity contribution is 0.119. The summed E-state index contributed by atoms with van der Waals surface area (Å²) in [4.78, 5) is 2.55. The number of anilines is 1. The second-order valence-electron chi connectivity index (χ2n) is 7.01. The van der Waals surface area contributed by atoms with Crippen molar-refractivity contribution in [1.82, 2.24) is 5.32 Å². The summed E-state index contributed by atoms with van der Waals surface area (Å²) in [5.74, 6) is 1.10. The summed E-state index contributed by atoms with van der Waals surface area (Å²) >= 11 is 0. The minimum absolute atomic E-state index is 0.439. The van der Waals surface area contributed by atoms with Crippen molar-refractivity contribution in [2.24, 2.45) is 0 Å². The zero-order valence-electron chi connectivity index (χ0n) is 14.1. The molecule has 0 spiro atoms. The molecular formula is C19H30N2O. The zero-order valence-corrected chi connectivity index (χ0v) is 14.1. The molecule has 1 aliphatic heterocycles. The van der Waals surface area contributed by atoms with Gasteiger partial charge in [-0.2, -0.15) is 0 Å². The van der Waals surface area contributed by atoms with Crippen molar-refractivity contribution in [2.45, 2.75) is 71.1 Å². The molecule has 3 nitrogen and oxygen atoms in total. The van der Waals surface area contributed by atoms with Gasteiger partial charge < -0.3 is 15.0 Å². The first kappa shape index (κ1) is 15.7. The van der Waals surface area contributed by atoms with Crippen LogP contribution in [0.15, 0.2) is 18.2 Å². The van der Waals surface area contributed by atoms with Gasteiger partial charge in [0.05, 0.1) is 6.10 Å². The van der Waals surface area contributed by atoms with Gasteiger partial charge in [-0.05, 0) is 50.7 Å². The molecule has 1 aromatic rings. The van der Waals surface area contributed by atoms with Gasteiger partial charge in [-0.25, -0.2) is 0 Å². The Bertz CT molecular complexity index is 476. The average molecular weight is 302 g/mol. The van der Waals surface area contributed by atoms with Gasteiger partial charge in [0.25, 0.3) is 0 Å². The molecule has 1 N–H and O–H groups in total. The van der Waals surface area contributed by atoms with E-state index in [1.54, 1.807) is 0 Å². The van der Waals surface area contributed by atoms with Crippen molar-refractivity contribution in [3.63, 3.8) is 0 Å². The Balaban J connectivity index is 1.83. The van der Waals surface area contributed by atoms with E-state index in [0.717, 1.165) is 12.3 Å². The van der Waals surface area contributed by atoms with E-state index in [2.05, 4.69) is 42.3 Å². The molecule has 22 heavy (non-hydrogen) atoms. The minimum Gasteiger partial charge on any atom is -0.490 e. The molecule has 0 aromatic heterocycles. The van der Waals surface area contributed by atoms with E-state index in [1.165, 1.54) is 62.9 Å². The van der Waals surface area contributed by atoms with Gasteiger partial charge in [0.2, 0.25) is 0 Å². The van der Waals surface area contributed by atoms with E-state index in [4.69, 9.17) is 4.74 Å². The molecule has 0 bridgehead atoms. The van der Waals surface area contributed by atoms with Crippen molar-refractivity contribution in [2.75, 3.05) is 18.0 Å². The number of nitrogens with zero attached hydrogens (tertiary/aromatic N) is 1. The summed E-state index contributed by atoms with van der Waals surface area (Å²) in [7, 11) is 0. The molecule has 1 saturated carbocycles. The number of ether oxygens (including phenoxy) is 1. The third kappa shape index (κ3) is 3.75. The van der Waals surface area contributed by atoms with Crippen LogP contribution in [-0.4, -0.2) is 25.2 Å². The van der Waals surface area contributed by atoms with Crippen molar-refractivity contribution >= 4 is 5.69 Å². The molecule has 0 radical (unpaired) electrons. The zero-order chi connectivity index (χ0) is 15.4. The van der Waals surface area contributed by atoms with E-state index >= 15 is 0 Å². The fourth-order valence-electron chi connectivity index (χ4n) is 3.25. The van der Waals surface area contributed by atoms with Crippen LogP contribution in [-0.2, 0) is 6.54 Å². The maximum Gasteiger partial charge on any atom is 0.126 e. The number of hydrogen-bond donors (Lipinski definition) is 1. The van der Waals surface area contributed by atoms with Gasteiger partial charge >= 0.3 is 0 Å². The first-order valence-electron chi connectivity index (χ1n) is 9.01. The Morgan fingerprint density at radius 1 is 1.14 bits per heavy atom. The molecule has 1 aromatic carbocycles. The summed E-state index contributed by atoms with van der Waals surface area (Å²) in [5.41, 5.74) is 2.73. The van der Waals surface area contributed by atoms with Crippen LogP contribution >= 0.6 is 0 Å². The largest absolute Gasteiger partial charge is 0.490 e. The quantitative estimate of drug-likeness (QED) is 0.856. The molecule has 1 heterocycles. The van der Waals surface area contributed by atoms with Gasteiger partial charge in [0, 0.05) is 36.9 Å². The maximum absolute atomic E-state index is 6.28. The van der Waals surface area contributed by atoms with Crippen LogP contribution in [0.4, 0.5) is 5.69 Å². The van der Waals surface area contributed by atoms with Gasteiger partial charge in [-0.1, -0.05) is 19.9 Å². The molecule has 3 rings (SSSR count). The summed E-state index contributed by atoms with van der Waals surface area (Å²) < 4.78 is 6.28. The van der Waals surface area contributed by atoms with Crippen LogP contribution in [0.5, 0.6) is 5.75 Å². The lowest BCUT2D eigenvalue weighted by Gasteiger charge is -2.33. The number of nitrogens with one attached hydrogen (secondary N) is 1. The van der Waals surface area contributed by atoms with E-state index in [-0.39, 0.29) is 0 Å². The van der Waals surface area contributed by atoms with Crippen LogP contribution in [0.25, 0.3) is 0 Å². The minimum atomic E-state index is 0.439. The molecule has 0 unspecified atom stereocenters. The SMILES string of the molecule is CC(C)NCc1c(OC2CCC2)cccc1N1CCCCC1. The molecule has 1 aliphatic carbocycles. The van der Waals surface area contributed by atoms with Crippen molar-refractivity contribution in [1.29, 1.82) is 0 Å². The Kier molecular flexibility index (Phi) is 5.24. The molecule has 3 heteroatoms. The fraction of sp³-hybridized carbons (Fsp3) is 0.684. The molecule has 1 saturated heterocycles. The lowest BCUT2D eigenvalue weighted by Crippen LogP contribution is -2.32. The topological polar surface area (TPSA) is 24.5 Å². The molecule has 2 fully saturated rings. The predicted molar refractivity (Wildman–Crippen MR) is 92.7 cm³/mol. The van der Waals surface area contributed by atoms with E-state index in [1.807, 2.05) is 0 Å². The fourth-order valence-corrected chi connectivity index (χ4v) is 3.25. The van der Waals surface area contributed by atoms with Crippen molar-refractivity contribution in [3.05, 3.63) is 23.8 Å². The summed E-state index contributed by atoms with van der Waals surface area (Å²) in [5, 5.41) is 3.58.